The number of hydrogen-bond donors (Lipinski definition) is 1. The van der Waals surface area contributed by atoms with Crippen molar-refractivity contribution in [3.8, 4) is 0 Å². The minimum Gasteiger partial charge on any atom is -0.320 e. The van der Waals surface area contributed by atoms with Crippen LogP contribution in [-0.2, 0) is 0 Å². The van der Waals surface area contributed by atoms with E-state index >= 15 is 0 Å². The van der Waals surface area contributed by atoms with Gasteiger partial charge < -0.3 is 5.32 Å². The monoisotopic (exact) mass is 245 g/mol. The minimum absolute atomic E-state index is 0.175. The van der Waals surface area contributed by atoms with Gasteiger partial charge in [0.05, 0.1) is 0 Å². The van der Waals surface area contributed by atoms with Crippen molar-refractivity contribution < 1.29 is 9.42 Å². The summed E-state index contributed by atoms with van der Waals surface area (Å²) in [7, 11) is 0. The van der Waals surface area contributed by atoms with Gasteiger partial charge >= 0.3 is 0 Å². The Hall–Kier alpha value is -2.17. The molecule has 2 rings (SSSR count). The van der Waals surface area contributed by atoms with Crippen molar-refractivity contribution in [2.45, 2.75) is 26.2 Å². The highest BCUT2D eigenvalue weighted by Gasteiger charge is 2.14. The number of amides is 1. The Balaban J connectivity index is 2.21. The first kappa shape index (κ1) is 12.3. The number of nitrogens with zero attached hydrogens (tertiary/aromatic N) is 2. The molecule has 94 valence electrons. The third-order valence-electron chi connectivity index (χ3n) is 2.95. The summed E-state index contributed by atoms with van der Waals surface area (Å²) in [5, 5.41) is 9.75. The fourth-order valence-electron chi connectivity index (χ4n) is 1.71. The van der Waals surface area contributed by atoms with E-state index in [0.29, 0.717) is 5.92 Å². The van der Waals surface area contributed by atoms with E-state index in [1.807, 2.05) is 24.3 Å². The van der Waals surface area contributed by atoms with E-state index in [9.17, 15) is 4.79 Å². The zero-order chi connectivity index (χ0) is 13.0. The van der Waals surface area contributed by atoms with Crippen LogP contribution in [0.5, 0.6) is 0 Å². The summed E-state index contributed by atoms with van der Waals surface area (Å²) < 4.78 is 4.41. The van der Waals surface area contributed by atoms with Gasteiger partial charge in [0.15, 0.2) is 5.69 Å². The van der Waals surface area contributed by atoms with Crippen LogP contribution in [0.4, 0.5) is 5.69 Å². The van der Waals surface area contributed by atoms with E-state index in [2.05, 4.69) is 34.1 Å². The first-order valence-corrected chi connectivity index (χ1v) is 5.90. The lowest BCUT2D eigenvalue weighted by Crippen LogP contribution is -2.14. The number of nitrogens with one attached hydrogen (secondary N) is 1. The molecule has 0 bridgehead atoms. The second kappa shape index (κ2) is 5.44. The molecular weight excluding hydrogens is 230 g/mol. The minimum atomic E-state index is -0.313. The molecule has 1 atom stereocenters. The second-order valence-electron chi connectivity index (χ2n) is 4.14. The number of hydrogen-bond acceptors (Lipinski definition) is 4. The summed E-state index contributed by atoms with van der Waals surface area (Å²) in [6.45, 7) is 4.24. The topological polar surface area (TPSA) is 68.0 Å². The third kappa shape index (κ3) is 2.56. The summed E-state index contributed by atoms with van der Waals surface area (Å²) in [6, 6.07) is 7.76. The fourth-order valence-corrected chi connectivity index (χ4v) is 1.71. The van der Waals surface area contributed by atoms with E-state index in [1.54, 1.807) is 0 Å². The van der Waals surface area contributed by atoms with Crippen LogP contribution in [0, 0.1) is 0 Å². The molecule has 1 amide bonds. The molecule has 1 N–H and O–H groups in total. The van der Waals surface area contributed by atoms with Gasteiger partial charge in [-0.25, -0.2) is 4.63 Å². The molecule has 0 saturated carbocycles. The van der Waals surface area contributed by atoms with Gasteiger partial charge in [-0.1, -0.05) is 37.2 Å². The van der Waals surface area contributed by atoms with Gasteiger partial charge in [-0.2, -0.15) is 0 Å². The van der Waals surface area contributed by atoms with E-state index in [4.69, 9.17) is 0 Å². The SMILES string of the molecule is CCC(C)c1ccccc1NC(=O)c1cnon1. The zero-order valence-corrected chi connectivity index (χ0v) is 10.4. The molecule has 1 aromatic carbocycles. The first-order chi connectivity index (χ1) is 8.72. The van der Waals surface area contributed by atoms with E-state index in [0.717, 1.165) is 17.7 Å². The van der Waals surface area contributed by atoms with Crippen molar-refractivity contribution in [3.63, 3.8) is 0 Å². The molecule has 5 heteroatoms. The molecule has 1 heterocycles. The molecule has 0 fully saturated rings. The van der Waals surface area contributed by atoms with Crippen LogP contribution >= 0.6 is 0 Å². The van der Waals surface area contributed by atoms with Crippen molar-refractivity contribution in [1.82, 2.24) is 10.3 Å². The van der Waals surface area contributed by atoms with Gasteiger partial charge in [-0.15, -0.1) is 0 Å². The van der Waals surface area contributed by atoms with Crippen LogP contribution in [-0.4, -0.2) is 16.2 Å². The second-order valence-corrected chi connectivity index (χ2v) is 4.14. The summed E-state index contributed by atoms with van der Waals surface area (Å²) in [6.07, 6.45) is 2.31. The summed E-state index contributed by atoms with van der Waals surface area (Å²) in [5.74, 6) is 0.0731. The third-order valence-corrected chi connectivity index (χ3v) is 2.95. The average molecular weight is 245 g/mol. The molecule has 0 spiro atoms. The molecule has 0 aliphatic rings. The lowest BCUT2D eigenvalue weighted by Gasteiger charge is -2.14. The molecule has 1 unspecified atom stereocenters. The lowest BCUT2D eigenvalue weighted by molar-refractivity contribution is 0.101. The summed E-state index contributed by atoms with van der Waals surface area (Å²) in [4.78, 5) is 11.9. The van der Waals surface area contributed by atoms with E-state index in [-0.39, 0.29) is 11.6 Å². The molecule has 0 saturated heterocycles. The normalized spacial score (nSPS) is 12.1. The van der Waals surface area contributed by atoms with Crippen molar-refractivity contribution >= 4 is 11.6 Å². The smallest absolute Gasteiger partial charge is 0.279 e. The van der Waals surface area contributed by atoms with Gasteiger partial charge in [0, 0.05) is 5.69 Å². The number of anilines is 1. The average Bonchev–Trinajstić information content (AvgIpc) is 2.92. The van der Waals surface area contributed by atoms with Crippen LogP contribution in [0.3, 0.4) is 0 Å². The Morgan fingerprint density at radius 1 is 1.44 bits per heavy atom. The lowest BCUT2D eigenvalue weighted by atomic mass is 9.97. The predicted octanol–water partition coefficient (Wildman–Crippen LogP) is 2.84. The number of para-hydroxylation sites is 1. The van der Waals surface area contributed by atoms with Crippen LogP contribution in [0.25, 0.3) is 0 Å². The van der Waals surface area contributed by atoms with Gasteiger partial charge in [0.2, 0.25) is 0 Å². The summed E-state index contributed by atoms with van der Waals surface area (Å²) in [5.41, 5.74) is 2.10. The Morgan fingerprint density at radius 3 is 2.89 bits per heavy atom. The molecule has 5 nitrogen and oxygen atoms in total. The molecule has 0 aliphatic carbocycles. The Kier molecular flexibility index (Phi) is 3.72. The highest BCUT2D eigenvalue weighted by atomic mass is 16.6. The maximum atomic E-state index is 11.9. The van der Waals surface area contributed by atoms with Gasteiger partial charge in [-0.3, -0.25) is 4.79 Å². The molecule has 1 aromatic heterocycles. The number of benzene rings is 1. The molecule has 0 radical (unpaired) electrons. The highest BCUT2D eigenvalue weighted by Crippen LogP contribution is 2.26. The molecule has 0 aliphatic heterocycles. The first-order valence-electron chi connectivity index (χ1n) is 5.90. The van der Waals surface area contributed by atoms with Crippen LogP contribution < -0.4 is 5.32 Å². The largest absolute Gasteiger partial charge is 0.320 e. The van der Waals surface area contributed by atoms with Crippen molar-refractivity contribution in [1.29, 1.82) is 0 Å². The number of carbonyl (C=O) groups excluding carboxylic acids is 1. The van der Waals surface area contributed by atoms with Crippen molar-refractivity contribution in [2.75, 3.05) is 5.32 Å². The predicted molar refractivity (Wildman–Crippen MR) is 67.4 cm³/mol. The van der Waals surface area contributed by atoms with Crippen molar-refractivity contribution in [3.05, 3.63) is 41.7 Å². The highest BCUT2D eigenvalue weighted by molar-refractivity contribution is 6.02. The van der Waals surface area contributed by atoms with Crippen LogP contribution in [0.1, 0.15) is 42.2 Å². The van der Waals surface area contributed by atoms with E-state index in [1.165, 1.54) is 6.20 Å². The van der Waals surface area contributed by atoms with E-state index < -0.39 is 0 Å². The fraction of sp³-hybridized carbons (Fsp3) is 0.308. The van der Waals surface area contributed by atoms with Gasteiger partial charge in [-0.05, 0) is 29.1 Å². The number of aromatic nitrogens is 2. The molecule has 18 heavy (non-hydrogen) atoms. The van der Waals surface area contributed by atoms with Crippen molar-refractivity contribution in [2.24, 2.45) is 0 Å². The molecular formula is C13H15N3O2. The maximum absolute atomic E-state index is 11.9. The Morgan fingerprint density at radius 2 is 2.22 bits per heavy atom. The van der Waals surface area contributed by atoms with Gasteiger partial charge in [0.1, 0.15) is 6.20 Å². The Labute approximate surface area is 105 Å². The zero-order valence-electron chi connectivity index (χ0n) is 10.4. The number of carbonyl (C=O) groups is 1. The standard InChI is InChI=1S/C13H15N3O2/c1-3-9(2)10-6-4-5-7-11(10)15-13(17)12-8-14-18-16-12/h4-9H,3H2,1-2H3,(H,15,17). The number of rotatable bonds is 4. The Bertz CT molecular complexity index is 523. The van der Waals surface area contributed by atoms with Crippen LogP contribution in [0.2, 0.25) is 0 Å². The maximum Gasteiger partial charge on any atom is 0.279 e. The van der Waals surface area contributed by atoms with Gasteiger partial charge in [0.25, 0.3) is 5.91 Å². The molecule has 2 aromatic rings. The summed E-state index contributed by atoms with van der Waals surface area (Å²) >= 11 is 0. The quantitative estimate of drug-likeness (QED) is 0.899. The van der Waals surface area contributed by atoms with Crippen LogP contribution in [0.15, 0.2) is 35.1 Å².